The highest BCUT2D eigenvalue weighted by Crippen LogP contribution is 2.31. The van der Waals surface area contributed by atoms with Crippen molar-refractivity contribution in [2.75, 3.05) is 13.1 Å². The van der Waals surface area contributed by atoms with Crippen LogP contribution >= 0.6 is 22.6 Å². The van der Waals surface area contributed by atoms with Crippen molar-refractivity contribution in [1.29, 1.82) is 0 Å². The molecule has 5 nitrogen and oxygen atoms in total. The number of allylic oxidation sites excluding steroid dienone is 1. The maximum Gasteiger partial charge on any atom is 0.146 e. The van der Waals surface area contributed by atoms with Gasteiger partial charge in [0.25, 0.3) is 0 Å². The van der Waals surface area contributed by atoms with Crippen LogP contribution in [0.5, 0.6) is 0 Å². The summed E-state index contributed by atoms with van der Waals surface area (Å²) in [6, 6.07) is 3.83. The van der Waals surface area contributed by atoms with E-state index in [0.29, 0.717) is 13.1 Å². The van der Waals surface area contributed by atoms with Gasteiger partial charge in [-0.25, -0.2) is 18.8 Å². The summed E-state index contributed by atoms with van der Waals surface area (Å²) in [5.41, 5.74) is 7.69. The Balaban J connectivity index is 1.96. The second-order valence-electron chi connectivity index (χ2n) is 6.30. The normalized spacial score (nSPS) is 17.1. The number of nitrogens with zero attached hydrogens (tertiary/aromatic N) is 4. The smallest absolute Gasteiger partial charge is 0.146 e. The molecule has 0 amide bonds. The van der Waals surface area contributed by atoms with Crippen LogP contribution in [0.2, 0.25) is 0 Å². The van der Waals surface area contributed by atoms with E-state index in [9.17, 15) is 8.78 Å². The van der Waals surface area contributed by atoms with Gasteiger partial charge >= 0.3 is 0 Å². The number of rotatable bonds is 7. The third kappa shape index (κ3) is 4.21. The predicted octanol–water partition coefficient (Wildman–Crippen LogP) is 3.95. The van der Waals surface area contributed by atoms with E-state index < -0.39 is 11.6 Å². The molecule has 8 heteroatoms. The fraction of sp³-hybridized carbons (Fsp3) is 0.368. The van der Waals surface area contributed by atoms with E-state index in [2.05, 4.69) is 44.4 Å². The molecule has 1 aliphatic heterocycles. The maximum absolute atomic E-state index is 14.2. The van der Waals surface area contributed by atoms with E-state index in [1.165, 1.54) is 23.8 Å². The largest absolute Gasteiger partial charge is 0.346 e. The molecule has 1 aromatic heterocycles. The second kappa shape index (κ2) is 8.92. The summed E-state index contributed by atoms with van der Waals surface area (Å²) < 4.78 is 30.3. The molecule has 0 spiro atoms. The number of aromatic nitrogens is 2. The van der Waals surface area contributed by atoms with Crippen molar-refractivity contribution in [3.8, 4) is 11.4 Å². The van der Waals surface area contributed by atoms with Gasteiger partial charge in [0.2, 0.25) is 0 Å². The Hall–Kier alpha value is -1.81. The standard InChI is InChI=1S/C19H22F2IN5/c1-2-4-13-16(25-12-27(9-7-23)18(13)22)11-26-10-8-24-19(26)17-14(20)5-3-6-15(17)21/h3,5-6,8,10,12,18H,2,4,7,9,11,23H2,1H3. The van der Waals surface area contributed by atoms with Gasteiger partial charge in [-0.05, 0) is 24.1 Å². The summed E-state index contributed by atoms with van der Waals surface area (Å²) in [7, 11) is 0. The van der Waals surface area contributed by atoms with Crippen LogP contribution in [-0.4, -0.2) is 37.9 Å². The summed E-state index contributed by atoms with van der Waals surface area (Å²) in [5.74, 6) is -0.991. The molecule has 1 unspecified atom stereocenters. The SMILES string of the molecule is CCCC1=C(Cn2ccnc2-c2c(F)cccc2F)N=CN(CCN)C1I. The first kappa shape index (κ1) is 19.9. The first-order valence-electron chi connectivity index (χ1n) is 8.88. The highest BCUT2D eigenvalue weighted by molar-refractivity contribution is 14.1. The molecule has 3 rings (SSSR count). The topological polar surface area (TPSA) is 59.4 Å². The van der Waals surface area contributed by atoms with Gasteiger partial charge in [-0.2, -0.15) is 0 Å². The van der Waals surface area contributed by atoms with Gasteiger partial charge in [0.05, 0.1) is 24.1 Å². The molecule has 1 atom stereocenters. The maximum atomic E-state index is 14.2. The number of nitrogens with two attached hydrogens (primary N) is 1. The van der Waals surface area contributed by atoms with Gasteiger partial charge in [0.15, 0.2) is 0 Å². The van der Waals surface area contributed by atoms with Crippen LogP contribution in [0.1, 0.15) is 19.8 Å². The van der Waals surface area contributed by atoms with Crippen LogP contribution in [-0.2, 0) is 6.54 Å². The minimum absolute atomic E-state index is 0.115. The molecule has 0 radical (unpaired) electrons. The lowest BCUT2D eigenvalue weighted by molar-refractivity contribution is 0.439. The van der Waals surface area contributed by atoms with E-state index >= 15 is 0 Å². The summed E-state index contributed by atoms with van der Waals surface area (Å²) in [4.78, 5) is 10.9. The van der Waals surface area contributed by atoms with Gasteiger partial charge in [0.1, 0.15) is 21.5 Å². The number of imidazole rings is 1. The van der Waals surface area contributed by atoms with Crippen molar-refractivity contribution in [3.05, 3.63) is 53.5 Å². The van der Waals surface area contributed by atoms with Crippen LogP contribution < -0.4 is 5.73 Å². The van der Waals surface area contributed by atoms with Gasteiger partial charge in [0, 0.05) is 25.5 Å². The molecule has 0 saturated heterocycles. The molecule has 2 N–H and O–H groups in total. The minimum atomic E-state index is -0.627. The van der Waals surface area contributed by atoms with E-state index in [1.54, 1.807) is 23.3 Å². The van der Waals surface area contributed by atoms with E-state index in [4.69, 9.17) is 5.73 Å². The Labute approximate surface area is 171 Å². The first-order chi connectivity index (χ1) is 13.1. The molecule has 1 aromatic carbocycles. The molecular weight excluding hydrogens is 463 g/mol. The van der Waals surface area contributed by atoms with E-state index in [1.807, 2.05) is 0 Å². The van der Waals surface area contributed by atoms with Crippen molar-refractivity contribution in [2.45, 2.75) is 30.4 Å². The van der Waals surface area contributed by atoms with Gasteiger partial charge < -0.3 is 15.2 Å². The molecule has 0 bridgehead atoms. The van der Waals surface area contributed by atoms with E-state index in [0.717, 1.165) is 25.1 Å². The molecule has 0 saturated carbocycles. The van der Waals surface area contributed by atoms with Crippen molar-refractivity contribution >= 4 is 28.9 Å². The summed E-state index contributed by atoms with van der Waals surface area (Å²) >= 11 is 2.39. The highest BCUT2D eigenvalue weighted by Gasteiger charge is 2.25. The van der Waals surface area contributed by atoms with Crippen molar-refractivity contribution < 1.29 is 8.78 Å². The van der Waals surface area contributed by atoms with Crippen LogP contribution in [0.4, 0.5) is 8.78 Å². The lowest BCUT2D eigenvalue weighted by Crippen LogP contribution is -2.38. The quantitative estimate of drug-likeness (QED) is 0.367. The van der Waals surface area contributed by atoms with Crippen LogP contribution in [0.3, 0.4) is 0 Å². The van der Waals surface area contributed by atoms with Crippen LogP contribution in [0, 0.1) is 11.6 Å². The molecule has 0 aliphatic carbocycles. The Morgan fingerprint density at radius 2 is 2.00 bits per heavy atom. The van der Waals surface area contributed by atoms with Crippen LogP contribution in [0.15, 0.2) is 46.9 Å². The number of hydrogen-bond acceptors (Lipinski definition) is 4. The minimum Gasteiger partial charge on any atom is -0.346 e. The van der Waals surface area contributed by atoms with Gasteiger partial charge in [-0.15, -0.1) is 0 Å². The Morgan fingerprint density at radius 1 is 1.26 bits per heavy atom. The monoisotopic (exact) mass is 485 g/mol. The zero-order valence-electron chi connectivity index (χ0n) is 15.1. The average molecular weight is 485 g/mol. The van der Waals surface area contributed by atoms with E-state index in [-0.39, 0.29) is 15.4 Å². The predicted molar refractivity (Wildman–Crippen MR) is 112 cm³/mol. The van der Waals surface area contributed by atoms with Crippen molar-refractivity contribution in [1.82, 2.24) is 14.5 Å². The summed E-state index contributed by atoms with van der Waals surface area (Å²) in [5, 5.41) is 0. The average Bonchev–Trinajstić information content (AvgIpc) is 3.08. The summed E-state index contributed by atoms with van der Waals surface area (Å²) in [6.07, 6.45) is 6.97. The zero-order valence-corrected chi connectivity index (χ0v) is 17.2. The summed E-state index contributed by atoms with van der Waals surface area (Å²) in [6.45, 7) is 3.81. The number of alkyl halides is 1. The number of hydrogen-bond donors (Lipinski definition) is 1. The number of aliphatic imine (C=N–C) groups is 1. The number of benzene rings is 1. The van der Waals surface area contributed by atoms with Crippen LogP contribution in [0.25, 0.3) is 11.4 Å². The fourth-order valence-corrected chi connectivity index (χ4v) is 4.25. The number of halogens is 3. The zero-order chi connectivity index (χ0) is 19.4. The second-order valence-corrected chi connectivity index (χ2v) is 7.48. The first-order valence-corrected chi connectivity index (χ1v) is 10.1. The molecule has 144 valence electrons. The van der Waals surface area contributed by atoms with Crippen molar-refractivity contribution in [3.63, 3.8) is 0 Å². The molecule has 2 aromatic rings. The molecule has 1 aliphatic rings. The highest BCUT2D eigenvalue weighted by atomic mass is 127. The Kier molecular flexibility index (Phi) is 6.59. The Bertz CT molecular complexity index is 841. The molecule has 2 heterocycles. The van der Waals surface area contributed by atoms with Gasteiger partial charge in [-0.3, -0.25) is 0 Å². The van der Waals surface area contributed by atoms with Crippen molar-refractivity contribution in [2.24, 2.45) is 10.7 Å². The fourth-order valence-electron chi connectivity index (χ4n) is 3.16. The van der Waals surface area contributed by atoms with Gasteiger partial charge in [-0.1, -0.05) is 42.0 Å². The lowest BCUT2D eigenvalue weighted by Gasteiger charge is -2.32. The third-order valence-corrected chi connectivity index (χ3v) is 5.91. The lowest BCUT2D eigenvalue weighted by atomic mass is 10.1. The third-order valence-electron chi connectivity index (χ3n) is 4.44. The molecule has 27 heavy (non-hydrogen) atoms. The Morgan fingerprint density at radius 3 is 2.67 bits per heavy atom. The molecule has 0 fully saturated rings. The molecular formula is C19H22F2IN5.